The standard InChI is InChI=1S/C3H6S.C3H6/c1-3-4-2;1-3-2/h3H,1H2,2H3;3H,1H2,2H3. The summed E-state index contributed by atoms with van der Waals surface area (Å²) >= 11 is 1.62. The maximum Gasteiger partial charge on any atom is -0.0142 e. The summed E-state index contributed by atoms with van der Waals surface area (Å²) in [6, 6.07) is 0. The van der Waals surface area contributed by atoms with Gasteiger partial charge in [0.25, 0.3) is 0 Å². The van der Waals surface area contributed by atoms with Gasteiger partial charge in [0.2, 0.25) is 0 Å². The van der Waals surface area contributed by atoms with Crippen LogP contribution in [0.3, 0.4) is 0 Å². The number of thioether (sulfide) groups is 1. The van der Waals surface area contributed by atoms with E-state index in [4.69, 9.17) is 0 Å². The highest BCUT2D eigenvalue weighted by molar-refractivity contribution is 8.01. The predicted octanol–water partition coefficient (Wildman–Crippen LogP) is 2.69. The van der Waals surface area contributed by atoms with E-state index >= 15 is 0 Å². The Balaban J connectivity index is 0. The molecule has 0 unspecified atom stereocenters. The van der Waals surface area contributed by atoms with E-state index in [9.17, 15) is 0 Å². The zero-order chi connectivity index (χ0) is 6.12. The highest BCUT2D eigenvalue weighted by atomic mass is 32.2. The van der Waals surface area contributed by atoms with Gasteiger partial charge in [-0.1, -0.05) is 12.7 Å². The van der Waals surface area contributed by atoms with E-state index in [0.29, 0.717) is 0 Å². The van der Waals surface area contributed by atoms with Crippen LogP contribution >= 0.6 is 11.8 Å². The lowest BCUT2D eigenvalue weighted by atomic mass is 10.8. The molecule has 0 nitrogen and oxygen atoms in total. The molecule has 1 heteroatoms. The van der Waals surface area contributed by atoms with E-state index in [2.05, 4.69) is 13.2 Å². The third kappa shape index (κ3) is 124. The van der Waals surface area contributed by atoms with E-state index in [1.54, 1.807) is 23.2 Å². The average Bonchev–Trinajstić information content (AvgIpc) is 1.69. The monoisotopic (exact) mass is 116 g/mol. The lowest BCUT2D eigenvalue weighted by Gasteiger charge is -1.59. The molecule has 0 rings (SSSR count). The Kier molecular flexibility index (Phi) is 24.1. The molecule has 42 valence electrons. The fourth-order valence-corrected chi connectivity index (χ4v) is 0. The Morgan fingerprint density at radius 2 is 1.57 bits per heavy atom. The first-order valence-electron chi connectivity index (χ1n) is 2.04. The van der Waals surface area contributed by atoms with Gasteiger partial charge in [0.05, 0.1) is 0 Å². The number of allylic oxidation sites excluding steroid dienone is 1. The summed E-state index contributed by atoms with van der Waals surface area (Å²) in [5.41, 5.74) is 0. The average molecular weight is 116 g/mol. The Morgan fingerprint density at radius 3 is 1.57 bits per heavy atom. The van der Waals surface area contributed by atoms with E-state index in [-0.39, 0.29) is 0 Å². The molecule has 0 aliphatic carbocycles. The van der Waals surface area contributed by atoms with E-state index in [0.717, 1.165) is 0 Å². The first-order chi connectivity index (χ1) is 3.33. The van der Waals surface area contributed by atoms with Crippen LogP contribution in [-0.4, -0.2) is 6.26 Å². The molecule has 0 radical (unpaired) electrons. The van der Waals surface area contributed by atoms with Gasteiger partial charge in [-0.15, -0.1) is 18.3 Å². The molecule has 0 aromatic carbocycles. The molecular formula is C6H12S. The number of rotatable bonds is 1. The van der Waals surface area contributed by atoms with Gasteiger partial charge in [-0.3, -0.25) is 0 Å². The number of hydrogen-bond donors (Lipinski definition) is 0. The fourth-order valence-electron chi connectivity index (χ4n) is 0. The fraction of sp³-hybridized carbons (Fsp3) is 0.333. The van der Waals surface area contributed by atoms with Crippen molar-refractivity contribution in [2.24, 2.45) is 0 Å². The molecule has 0 aliphatic rings. The number of hydrogen-bond acceptors (Lipinski definition) is 1. The van der Waals surface area contributed by atoms with Crippen molar-refractivity contribution in [1.82, 2.24) is 0 Å². The Labute approximate surface area is 50.3 Å². The third-order valence-electron chi connectivity index (χ3n) is 0.167. The van der Waals surface area contributed by atoms with Crippen LogP contribution in [0.15, 0.2) is 24.6 Å². The van der Waals surface area contributed by atoms with E-state index < -0.39 is 0 Å². The molecule has 7 heavy (non-hydrogen) atoms. The third-order valence-corrected chi connectivity index (χ3v) is 0.500. The molecular weight excluding hydrogens is 104 g/mol. The summed E-state index contributed by atoms with van der Waals surface area (Å²) in [4.78, 5) is 0. The van der Waals surface area contributed by atoms with Gasteiger partial charge in [0, 0.05) is 0 Å². The molecule has 0 atom stereocenters. The van der Waals surface area contributed by atoms with Gasteiger partial charge >= 0.3 is 0 Å². The van der Waals surface area contributed by atoms with Crippen LogP contribution in [0.4, 0.5) is 0 Å². The second kappa shape index (κ2) is 17.0. The summed E-state index contributed by atoms with van der Waals surface area (Å²) in [5, 5.41) is 1.79. The molecule has 0 saturated heterocycles. The zero-order valence-corrected chi connectivity index (χ0v) is 5.79. The van der Waals surface area contributed by atoms with Crippen molar-refractivity contribution in [1.29, 1.82) is 0 Å². The molecule has 0 saturated carbocycles. The molecule has 0 heterocycles. The smallest absolute Gasteiger partial charge is 0.0142 e. The largest absolute Gasteiger partial charge is 0.138 e. The molecule has 0 spiro atoms. The minimum Gasteiger partial charge on any atom is -0.138 e. The van der Waals surface area contributed by atoms with Gasteiger partial charge < -0.3 is 0 Å². The van der Waals surface area contributed by atoms with Crippen LogP contribution in [0, 0.1) is 0 Å². The van der Waals surface area contributed by atoms with Crippen molar-refractivity contribution < 1.29 is 0 Å². The van der Waals surface area contributed by atoms with Crippen molar-refractivity contribution in [3.63, 3.8) is 0 Å². The van der Waals surface area contributed by atoms with Crippen LogP contribution in [0.1, 0.15) is 6.92 Å². The summed E-state index contributed by atoms with van der Waals surface area (Å²) < 4.78 is 0. The van der Waals surface area contributed by atoms with Crippen molar-refractivity contribution in [2.75, 3.05) is 6.26 Å². The first kappa shape index (κ1) is 9.95. The molecule has 0 N–H and O–H groups in total. The van der Waals surface area contributed by atoms with Crippen molar-refractivity contribution in [3.05, 3.63) is 24.6 Å². The van der Waals surface area contributed by atoms with Gasteiger partial charge in [-0.05, 0) is 18.6 Å². The van der Waals surface area contributed by atoms with Crippen molar-refractivity contribution in [2.45, 2.75) is 6.92 Å². The molecule has 0 aromatic rings. The minimum absolute atomic E-state index is 1.62. The molecule has 0 bridgehead atoms. The quantitative estimate of drug-likeness (QED) is 0.475. The van der Waals surface area contributed by atoms with Crippen molar-refractivity contribution >= 4 is 11.8 Å². The minimum atomic E-state index is 1.62. The summed E-state index contributed by atoms with van der Waals surface area (Å²) in [7, 11) is 0. The SMILES string of the molecule is C=CC.C=CSC. The summed E-state index contributed by atoms with van der Waals surface area (Å²) in [6.07, 6.45) is 3.73. The lowest BCUT2D eigenvalue weighted by Crippen LogP contribution is -1.25. The second-order valence-electron chi connectivity index (χ2n) is 0.811. The maximum atomic E-state index is 3.44. The van der Waals surface area contributed by atoms with Crippen molar-refractivity contribution in [3.8, 4) is 0 Å². The topological polar surface area (TPSA) is 0 Å². The Morgan fingerprint density at radius 1 is 1.43 bits per heavy atom. The van der Waals surface area contributed by atoms with E-state index in [1.807, 2.05) is 13.2 Å². The van der Waals surface area contributed by atoms with Crippen LogP contribution < -0.4 is 0 Å². The second-order valence-corrected chi connectivity index (χ2v) is 1.62. The molecule has 0 aromatic heterocycles. The lowest BCUT2D eigenvalue weighted by molar-refractivity contribution is 1.80. The molecule has 0 aliphatic heterocycles. The zero-order valence-electron chi connectivity index (χ0n) is 4.98. The van der Waals surface area contributed by atoms with Gasteiger partial charge in [-0.2, -0.15) is 0 Å². The maximum absolute atomic E-state index is 3.44. The van der Waals surface area contributed by atoms with Gasteiger partial charge in [-0.25, -0.2) is 0 Å². The van der Waals surface area contributed by atoms with Crippen LogP contribution in [0.25, 0.3) is 0 Å². The normalized spacial score (nSPS) is 5.43. The first-order valence-corrected chi connectivity index (χ1v) is 3.33. The Bertz CT molecular complexity index is 39.4. The van der Waals surface area contributed by atoms with Crippen LogP contribution in [0.2, 0.25) is 0 Å². The van der Waals surface area contributed by atoms with Gasteiger partial charge in [0.15, 0.2) is 0 Å². The predicted molar refractivity (Wildman–Crippen MR) is 39.6 cm³/mol. The highest BCUT2D eigenvalue weighted by Crippen LogP contribution is 1.85. The van der Waals surface area contributed by atoms with E-state index in [1.165, 1.54) is 0 Å². The molecule has 0 amide bonds. The van der Waals surface area contributed by atoms with Crippen LogP contribution in [0.5, 0.6) is 0 Å². The summed E-state index contributed by atoms with van der Waals surface area (Å²) in [5.74, 6) is 0. The Hall–Kier alpha value is -0.170. The summed E-state index contributed by atoms with van der Waals surface area (Å²) in [6.45, 7) is 8.69. The molecule has 0 fully saturated rings. The van der Waals surface area contributed by atoms with Gasteiger partial charge in [0.1, 0.15) is 0 Å². The van der Waals surface area contributed by atoms with Crippen LogP contribution in [-0.2, 0) is 0 Å². The highest BCUT2D eigenvalue weighted by Gasteiger charge is 1.43.